The normalized spacial score (nSPS) is 0. The molecule has 0 amide bonds. The van der Waals surface area contributed by atoms with Crippen molar-refractivity contribution in [3.63, 3.8) is 0 Å². The SMILES string of the molecule is Cl.Cl.[Cr].[Cr]. The van der Waals surface area contributed by atoms with Crippen molar-refractivity contribution in [2.24, 2.45) is 0 Å². The zero-order valence-corrected chi connectivity index (χ0v) is 5.82. The van der Waals surface area contributed by atoms with Crippen LogP contribution in [0.25, 0.3) is 0 Å². The summed E-state index contributed by atoms with van der Waals surface area (Å²) in [6.45, 7) is 0. The minimum atomic E-state index is 0. The van der Waals surface area contributed by atoms with E-state index in [0.717, 1.165) is 0 Å². The monoisotopic (exact) mass is 176 g/mol. The van der Waals surface area contributed by atoms with E-state index in [0.29, 0.717) is 0 Å². The molecule has 0 nitrogen and oxygen atoms in total. The van der Waals surface area contributed by atoms with Gasteiger partial charge in [0.25, 0.3) is 0 Å². The van der Waals surface area contributed by atoms with Gasteiger partial charge in [-0.1, -0.05) is 0 Å². The van der Waals surface area contributed by atoms with E-state index in [2.05, 4.69) is 0 Å². The Morgan fingerprint density at radius 1 is 0.500 bits per heavy atom. The number of rotatable bonds is 0. The number of halogens is 2. The average Bonchev–Trinajstić information content (AvgIpc) is 0. The van der Waals surface area contributed by atoms with E-state index in [1.54, 1.807) is 0 Å². The van der Waals surface area contributed by atoms with Gasteiger partial charge in [-0.2, -0.15) is 0 Å². The quantitative estimate of drug-likeness (QED) is 0.514. The fraction of sp³-hybridized carbons (Fsp3) is 0. The summed E-state index contributed by atoms with van der Waals surface area (Å²) in [6.07, 6.45) is 0. The topological polar surface area (TPSA) is 0 Å². The summed E-state index contributed by atoms with van der Waals surface area (Å²) >= 11 is 0. The maximum Gasteiger partial charge on any atom is 0 e. The molecule has 0 aliphatic rings. The molecular weight excluding hydrogens is 175 g/mol. The fourth-order valence-electron chi connectivity index (χ4n) is 0. The van der Waals surface area contributed by atoms with Gasteiger partial charge in [0.15, 0.2) is 0 Å². The largest absolute Gasteiger partial charge is 0.147 e. The van der Waals surface area contributed by atoms with Crippen molar-refractivity contribution in [3.05, 3.63) is 0 Å². The first-order chi connectivity index (χ1) is 0. The molecule has 0 unspecified atom stereocenters. The zero-order valence-electron chi connectivity index (χ0n) is 1.63. The summed E-state index contributed by atoms with van der Waals surface area (Å²) in [6, 6.07) is 0. The molecule has 0 heterocycles. The third-order valence-electron chi connectivity index (χ3n) is 0. The first-order valence-corrected chi connectivity index (χ1v) is 0. The molecule has 0 aromatic carbocycles. The second-order valence-electron chi connectivity index (χ2n) is 0. The van der Waals surface area contributed by atoms with E-state index in [4.69, 9.17) is 0 Å². The van der Waals surface area contributed by atoms with Crippen molar-refractivity contribution in [3.8, 4) is 0 Å². The molecule has 4 heteroatoms. The molecule has 0 atom stereocenters. The Balaban J connectivity index is 0. The van der Waals surface area contributed by atoms with Crippen LogP contribution in [-0.2, 0) is 34.7 Å². The molecule has 0 radical (unpaired) electrons. The van der Waals surface area contributed by atoms with Crippen LogP contribution in [0.5, 0.6) is 0 Å². The maximum absolute atomic E-state index is 0. The second kappa shape index (κ2) is 22.8. The predicted molar refractivity (Wildman–Crippen MR) is 14.5 cm³/mol. The van der Waals surface area contributed by atoms with E-state index in [1.807, 2.05) is 0 Å². The van der Waals surface area contributed by atoms with Crippen LogP contribution >= 0.6 is 24.8 Å². The number of hydrogen-bond acceptors (Lipinski definition) is 0. The molecule has 0 aromatic rings. The van der Waals surface area contributed by atoms with Gasteiger partial charge in [-0.3, -0.25) is 0 Å². The van der Waals surface area contributed by atoms with Crippen molar-refractivity contribution >= 4 is 24.8 Å². The molecule has 0 fully saturated rings. The third-order valence-corrected chi connectivity index (χ3v) is 0. The fourth-order valence-corrected chi connectivity index (χ4v) is 0. The molecular formula is H2Cl2Cr2. The zero-order chi connectivity index (χ0) is 0. The van der Waals surface area contributed by atoms with Crippen LogP contribution in [0.4, 0.5) is 0 Å². The van der Waals surface area contributed by atoms with Crippen LogP contribution in [-0.4, -0.2) is 0 Å². The van der Waals surface area contributed by atoms with Gasteiger partial charge in [-0.05, 0) is 0 Å². The molecule has 0 aromatic heterocycles. The standard InChI is InChI=1S/2ClH.2Cr/h2*1H;;. The molecule has 28 valence electrons. The van der Waals surface area contributed by atoms with Crippen LogP contribution in [0.2, 0.25) is 0 Å². The second-order valence-corrected chi connectivity index (χ2v) is 0. The van der Waals surface area contributed by atoms with Crippen LogP contribution in [0.15, 0.2) is 0 Å². The van der Waals surface area contributed by atoms with E-state index in [9.17, 15) is 0 Å². The van der Waals surface area contributed by atoms with Crippen LogP contribution in [0.1, 0.15) is 0 Å². The molecule has 0 aliphatic heterocycles. The van der Waals surface area contributed by atoms with Gasteiger partial charge >= 0.3 is 0 Å². The molecule has 0 N–H and O–H groups in total. The molecule has 4 heavy (non-hydrogen) atoms. The summed E-state index contributed by atoms with van der Waals surface area (Å²) in [7, 11) is 0. The minimum absolute atomic E-state index is 0. The smallest absolute Gasteiger partial charge is 0 e. The summed E-state index contributed by atoms with van der Waals surface area (Å²) in [5.41, 5.74) is 0. The summed E-state index contributed by atoms with van der Waals surface area (Å²) in [4.78, 5) is 0. The third kappa shape index (κ3) is 9.42. The van der Waals surface area contributed by atoms with Crippen LogP contribution < -0.4 is 0 Å². The molecule has 0 bridgehead atoms. The van der Waals surface area contributed by atoms with Crippen molar-refractivity contribution < 1.29 is 34.7 Å². The Morgan fingerprint density at radius 2 is 0.500 bits per heavy atom. The summed E-state index contributed by atoms with van der Waals surface area (Å²) in [5, 5.41) is 0. The minimum Gasteiger partial charge on any atom is -0.147 e. The summed E-state index contributed by atoms with van der Waals surface area (Å²) in [5.74, 6) is 0. The van der Waals surface area contributed by atoms with E-state index >= 15 is 0 Å². The predicted octanol–water partition coefficient (Wildman–Crippen LogP) is 0.839. The Morgan fingerprint density at radius 3 is 0.500 bits per heavy atom. The molecule has 0 saturated carbocycles. The van der Waals surface area contributed by atoms with E-state index < -0.39 is 0 Å². The van der Waals surface area contributed by atoms with Crippen molar-refractivity contribution in [2.45, 2.75) is 0 Å². The van der Waals surface area contributed by atoms with Crippen molar-refractivity contribution in [1.29, 1.82) is 0 Å². The van der Waals surface area contributed by atoms with Gasteiger partial charge in [0.2, 0.25) is 0 Å². The molecule has 0 saturated heterocycles. The molecule has 0 rings (SSSR count). The maximum atomic E-state index is 0. The average molecular weight is 177 g/mol. The van der Waals surface area contributed by atoms with Crippen LogP contribution in [0, 0.1) is 0 Å². The van der Waals surface area contributed by atoms with Gasteiger partial charge in [0.1, 0.15) is 0 Å². The van der Waals surface area contributed by atoms with Gasteiger partial charge in [0.05, 0.1) is 0 Å². The Bertz CT molecular complexity index is 4.00. The Hall–Kier alpha value is 1.64. The van der Waals surface area contributed by atoms with Gasteiger partial charge in [-0.25, -0.2) is 0 Å². The van der Waals surface area contributed by atoms with E-state index in [1.165, 1.54) is 0 Å². The van der Waals surface area contributed by atoms with Gasteiger partial charge in [-0.15, -0.1) is 24.8 Å². The Labute approximate surface area is 59.4 Å². The van der Waals surface area contributed by atoms with E-state index in [-0.39, 0.29) is 59.5 Å². The number of hydrogen-bond donors (Lipinski definition) is 0. The van der Waals surface area contributed by atoms with Crippen molar-refractivity contribution in [2.75, 3.05) is 0 Å². The first-order valence-electron chi connectivity index (χ1n) is 0. The Kier molecular flexibility index (Phi) is 257. The summed E-state index contributed by atoms with van der Waals surface area (Å²) < 4.78 is 0. The van der Waals surface area contributed by atoms with Crippen LogP contribution in [0.3, 0.4) is 0 Å². The molecule has 0 spiro atoms. The van der Waals surface area contributed by atoms with Gasteiger partial charge in [0, 0.05) is 34.7 Å². The van der Waals surface area contributed by atoms with Crippen molar-refractivity contribution in [1.82, 2.24) is 0 Å². The van der Waals surface area contributed by atoms with Gasteiger partial charge < -0.3 is 0 Å². The first kappa shape index (κ1) is 45.0. The molecule has 0 aliphatic carbocycles.